The summed E-state index contributed by atoms with van der Waals surface area (Å²) in [6, 6.07) is 1.69. The zero-order valence-corrected chi connectivity index (χ0v) is 8.87. The maximum Gasteiger partial charge on any atom is 0.308 e. The third-order valence-corrected chi connectivity index (χ3v) is 2.23. The summed E-state index contributed by atoms with van der Waals surface area (Å²) in [5.74, 6) is 0.0397. The molecule has 0 saturated carbocycles. The summed E-state index contributed by atoms with van der Waals surface area (Å²) in [5, 5.41) is 0.781. The number of carbonyl (C=O) groups excluding carboxylic acids is 1. The van der Waals surface area contributed by atoms with Crippen molar-refractivity contribution in [3.63, 3.8) is 0 Å². The summed E-state index contributed by atoms with van der Waals surface area (Å²) >= 11 is 3.29. The lowest BCUT2D eigenvalue weighted by Crippen LogP contribution is -2.01. The highest BCUT2D eigenvalue weighted by Gasteiger charge is 2.07. The van der Waals surface area contributed by atoms with Gasteiger partial charge < -0.3 is 9.15 Å². The van der Waals surface area contributed by atoms with Crippen LogP contribution in [0.15, 0.2) is 27.4 Å². The Hall–Kier alpha value is -1.36. The Bertz CT molecular complexity index is 492. The van der Waals surface area contributed by atoms with Crippen LogP contribution in [0.25, 0.3) is 11.1 Å². The predicted molar refractivity (Wildman–Crippen MR) is 53.0 cm³/mol. The standard InChI is InChI=1S/C9H6BrNO3/c1-5(12)14-6-2-7-8(10)4-13-9(7)11-3-6/h2-4H,1H3. The van der Waals surface area contributed by atoms with Crippen molar-refractivity contribution in [1.82, 2.24) is 4.98 Å². The van der Waals surface area contributed by atoms with Crippen LogP contribution in [0.3, 0.4) is 0 Å². The van der Waals surface area contributed by atoms with Crippen molar-refractivity contribution in [1.29, 1.82) is 0 Å². The number of pyridine rings is 1. The molecular weight excluding hydrogens is 250 g/mol. The molecule has 0 aromatic carbocycles. The van der Waals surface area contributed by atoms with Crippen LogP contribution in [0.2, 0.25) is 0 Å². The van der Waals surface area contributed by atoms with Gasteiger partial charge in [0.1, 0.15) is 12.0 Å². The number of rotatable bonds is 1. The molecule has 0 aliphatic rings. The minimum atomic E-state index is -0.370. The van der Waals surface area contributed by atoms with Crippen molar-refractivity contribution >= 4 is 33.0 Å². The molecule has 0 aliphatic carbocycles. The fourth-order valence-corrected chi connectivity index (χ4v) is 1.47. The minimum Gasteiger partial charge on any atom is -0.445 e. The fraction of sp³-hybridized carbons (Fsp3) is 0.111. The molecule has 4 nitrogen and oxygen atoms in total. The van der Waals surface area contributed by atoms with E-state index >= 15 is 0 Å². The van der Waals surface area contributed by atoms with Gasteiger partial charge in [0.2, 0.25) is 5.71 Å². The monoisotopic (exact) mass is 255 g/mol. The molecule has 14 heavy (non-hydrogen) atoms. The third-order valence-electron chi connectivity index (χ3n) is 1.62. The second kappa shape index (κ2) is 3.42. The van der Waals surface area contributed by atoms with E-state index in [4.69, 9.17) is 9.15 Å². The summed E-state index contributed by atoms with van der Waals surface area (Å²) in [5.41, 5.74) is 0.507. The van der Waals surface area contributed by atoms with E-state index in [1.165, 1.54) is 19.4 Å². The molecule has 0 radical (unpaired) electrons. The topological polar surface area (TPSA) is 52.3 Å². The van der Waals surface area contributed by atoms with Crippen molar-refractivity contribution in [2.75, 3.05) is 0 Å². The number of fused-ring (bicyclic) bond motifs is 1. The van der Waals surface area contributed by atoms with E-state index in [2.05, 4.69) is 20.9 Å². The molecule has 5 heteroatoms. The molecule has 0 unspecified atom stereocenters. The van der Waals surface area contributed by atoms with Crippen LogP contribution in [0, 0.1) is 0 Å². The summed E-state index contributed by atoms with van der Waals surface area (Å²) in [4.78, 5) is 14.7. The van der Waals surface area contributed by atoms with E-state index in [0.717, 1.165) is 9.86 Å². The van der Waals surface area contributed by atoms with E-state index in [1.54, 1.807) is 6.07 Å². The Morgan fingerprint density at radius 1 is 1.64 bits per heavy atom. The van der Waals surface area contributed by atoms with Crippen LogP contribution < -0.4 is 4.74 Å². The molecule has 0 N–H and O–H groups in total. The van der Waals surface area contributed by atoms with Crippen LogP contribution in [0.4, 0.5) is 0 Å². The second-order valence-corrected chi connectivity index (χ2v) is 3.56. The number of ether oxygens (including phenoxy) is 1. The van der Waals surface area contributed by atoms with Gasteiger partial charge in [0.15, 0.2) is 0 Å². The molecule has 0 atom stereocenters. The largest absolute Gasteiger partial charge is 0.445 e. The van der Waals surface area contributed by atoms with E-state index in [1.807, 2.05) is 0 Å². The summed E-state index contributed by atoms with van der Waals surface area (Å²) in [6.45, 7) is 1.34. The lowest BCUT2D eigenvalue weighted by molar-refractivity contribution is -0.131. The first-order valence-corrected chi connectivity index (χ1v) is 4.67. The van der Waals surface area contributed by atoms with E-state index < -0.39 is 0 Å². The van der Waals surface area contributed by atoms with Crippen LogP contribution in [-0.2, 0) is 4.79 Å². The highest BCUT2D eigenvalue weighted by Crippen LogP contribution is 2.27. The molecule has 0 bridgehead atoms. The lowest BCUT2D eigenvalue weighted by atomic mass is 10.3. The van der Waals surface area contributed by atoms with Crippen molar-refractivity contribution in [3.8, 4) is 5.75 Å². The second-order valence-electron chi connectivity index (χ2n) is 2.70. The highest BCUT2D eigenvalue weighted by molar-refractivity contribution is 9.10. The molecular formula is C9H6BrNO3. The maximum atomic E-state index is 10.7. The van der Waals surface area contributed by atoms with Gasteiger partial charge in [-0.2, -0.15) is 0 Å². The Morgan fingerprint density at radius 2 is 2.43 bits per heavy atom. The molecule has 2 aromatic rings. The molecule has 0 amide bonds. The number of esters is 1. The van der Waals surface area contributed by atoms with Crippen molar-refractivity contribution in [2.45, 2.75) is 6.92 Å². The van der Waals surface area contributed by atoms with Gasteiger partial charge in [-0.3, -0.25) is 4.79 Å². The van der Waals surface area contributed by atoms with Crippen molar-refractivity contribution in [3.05, 3.63) is 23.0 Å². The fourth-order valence-electron chi connectivity index (χ4n) is 1.09. The Morgan fingerprint density at radius 3 is 3.14 bits per heavy atom. The zero-order chi connectivity index (χ0) is 10.1. The van der Waals surface area contributed by atoms with Crippen LogP contribution in [-0.4, -0.2) is 11.0 Å². The molecule has 0 spiro atoms. The smallest absolute Gasteiger partial charge is 0.308 e. The predicted octanol–water partition coefficient (Wildman–Crippen LogP) is 2.52. The van der Waals surface area contributed by atoms with E-state index in [-0.39, 0.29) is 5.97 Å². The number of aromatic nitrogens is 1. The van der Waals surface area contributed by atoms with Gasteiger partial charge in [-0.05, 0) is 22.0 Å². The number of hydrogen-bond acceptors (Lipinski definition) is 4. The molecule has 2 heterocycles. The van der Waals surface area contributed by atoms with Gasteiger partial charge >= 0.3 is 5.97 Å². The average Bonchev–Trinajstić information content (AvgIpc) is 2.47. The van der Waals surface area contributed by atoms with Gasteiger partial charge in [-0.15, -0.1) is 0 Å². The van der Waals surface area contributed by atoms with Gasteiger partial charge in [0, 0.05) is 6.92 Å². The van der Waals surface area contributed by atoms with Gasteiger partial charge in [-0.1, -0.05) is 0 Å². The first-order chi connectivity index (χ1) is 6.66. The number of carbonyl (C=O) groups is 1. The van der Waals surface area contributed by atoms with Crippen molar-refractivity contribution in [2.24, 2.45) is 0 Å². The number of hydrogen-bond donors (Lipinski definition) is 0. The summed E-state index contributed by atoms with van der Waals surface area (Å²) in [7, 11) is 0. The van der Waals surface area contributed by atoms with E-state index in [0.29, 0.717) is 11.5 Å². The molecule has 2 aromatic heterocycles. The Kier molecular flexibility index (Phi) is 2.25. The summed E-state index contributed by atoms with van der Waals surface area (Å²) in [6.07, 6.45) is 2.98. The SMILES string of the molecule is CC(=O)Oc1cnc2occ(Br)c2c1. The van der Waals surface area contributed by atoms with Crippen molar-refractivity contribution < 1.29 is 13.9 Å². The number of nitrogens with zero attached hydrogens (tertiary/aromatic N) is 1. The molecule has 2 rings (SSSR count). The summed E-state index contributed by atoms with van der Waals surface area (Å²) < 4.78 is 10.8. The quantitative estimate of drug-likeness (QED) is 0.735. The Balaban J connectivity index is 2.49. The van der Waals surface area contributed by atoms with Crippen LogP contribution in [0.1, 0.15) is 6.92 Å². The lowest BCUT2D eigenvalue weighted by Gasteiger charge is -1.98. The number of furan rings is 1. The minimum absolute atomic E-state index is 0.370. The van der Waals surface area contributed by atoms with Crippen LogP contribution in [0.5, 0.6) is 5.75 Å². The first-order valence-electron chi connectivity index (χ1n) is 3.88. The van der Waals surface area contributed by atoms with E-state index in [9.17, 15) is 4.79 Å². The first kappa shape index (κ1) is 9.21. The third kappa shape index (κ3) is 1.63. The molecule has 0 saturated heterocycles. The van der Waals surface area contributed by atoms with Gasteiger partial charge in [0.05, 0.1) is 16.1 Å². The zero-order valence-electron chi connectivity index (χ0n) is 7.28. The molecule has 0 aliphatic heterocycles. The molecule has 72 valence electrons. The average molecular weight is 256 g/mol. The number of halogens is 1. The van der Waals surface area contributed by atoms with Gasteiger partial charge in [0.25, 0.3) is 0 Å². The normalized spacial score (nSPS) is 10.4. The van der Waals surface area contributed by atoms with Gasteiger partial charge in [-0.25, -0.2) is 4.98 Å². The Labute approximate surface area is 88.0 Å². The maximum absolute atomic E-state index is 10.7. The van der Waals surface area contributed by atoms with Crippen LogP contribution >= 0.6 is 15.9 Å². The highest BCUT2D eigenvalue weighted by atomic mass is 79.9. The molecule has 0 fully saturated rings.